The van der Waals surface area contributed by atoms with E-state index in [0.29, 0.717) is 0 Å². The van der Waals surface area contributed by atoms with Crippen molar-refractivity contribution in [3.8, 4) is 0 Å². The van der Waals surface area contributed by atoms with Crippen molar-refractivity contribution in [3.05, 3.63) is 49.3 Å². The average Bonchev–Trinajstić information content (AvgIpc) is 2.75. The fourth-order valence-electron chi connectivity index (χ4n) is 1.88. The van der Waals surface area contributed by atoms with Crippen LogP contribution in [-0.2, 0) is 0 Å². The third-order valence-corrected chi connectivity index (χ3v) is 5.45. The van der Waals surface area contributed by atoms with Gasteiger partial charge < -0.3 is 5.32 Å². The van der Waals surface area contributed by atoms with E-state index in [-0.39, 0.29) is 0 Å². The summed E-state index contributed by atoms with van der Waals surface area (Å²) in [5.74, 6) is 0. The van der Waals surface area contributed by atoms with Crippen molar-refractivity contribution in [1.82, 2.24) is 4.98 Å². The monoisotopic (exact) mass is 474 g/mol. The fraction of sp³-hybridized carbons (Fsp3) is 0.0714. The van der Waals surface area contributed by atoms with E-state index >= 15 is 0 Å². The van der Waals surface area contributed by atoms with Crippen LogP contribution >= 0.6 is 59.1 Å². The summed E-state index contributed by atoms with van der Waals surface area (Å²) >= 11 is 12.3. The van der Waals surface area contributed by atoms with Gasteiger partial charge in [0.05, 0.1) is 15.9 Å². The molecule has 2 aromatic carbocycles. The molecule has 1 aromatic heterocycles. The highest BCUT2D eigenvalue weighted by Crippen LogP contribution is 2.37. The minimum Gasteiger partial charge on any atom is -0.330 e. The molecule has 1 N–H and O–H groups in total. The van der Waals surface area contributed by atoms with Gasteiger partial charge in [-0.3, -0.25) is 0 Å². The van der Waals surface area contributed by atoms with Crippen molar-refractivity contribution in [2.75, 3.05) is 5.32 Å². The summed E-state index contributed by atoms with van der Waals surface area (Å²) in [7, 11) is 0. The van der Waals surface area contributed by atoms with Gasteiger partial charge in [0.2, 0.25) is 0 Å². The van der Waals surface area contributed by atoms with Gasteiger partial charge in [-0.1, -0.05) is 27.3 Å². The number of fused-ring (bicyclic) bond motifs is 1. The Kier molecular flexibility index (Phi) is 4.17. The first-order valence-electron chi connectivity index (χ1n) is 5.82. The van der Waals surface area contributed by atoms with E-state index in [1.807, 2.05) is 12.1 Å². The van der Waals surface area contributed by atoms with E-state index in [1.54, 1.807) is 11.3 Å². The lowest BCUT2D eigenvalue weighted by molar-refractivity contribution is 1.38. The van der Waals surface area contributed by atoms with Gasteiger partial charge in [0.15, 0.2) is 5.13 Å². The van der Waals surface area contributed by atoms with E-state index in [1.165, 1.54) is 5.56 Å². The highest BCUT2D eigenvalue weighted by atomic mass is 79.9. The van der Waals surface area contributed by atoms with Crippen LogP contribution in [0.3, 0.4) is 0 Å². The van der Waals surface area contributed by atoms with Crippen LogP contribution in [-0.4, -0.2) is 4.98 Å². The Balaban J connectivity index is 2.01. The number of thiazole rings is 1. The zero-order valence-corrected chi connectivity index (χ0v) is 16.0. The van der Waals surface area contributed by atoms with Gasteiger partial charge >= 0.3 is 0 Å². The van der Waals surface area contributed by atoms with Crippen molar-refractivity contribution in [3.63, 3.8) is 0 Å². The maximum atomic E-state index is 4.60. The first-order valence-corrected chi connectivity index (χ1v) is 9.01. The largest absolute Gasteiger partial charge is 0.330 e. The number of rotatable bonds is 2. The number of hydrogen-bond acceptors (Lipinski definition) is 3. The van der Waals surface area contributed by atoms with Crippen molar-refractivity contribution in [1.29, 1.82) is 0 Å². The molecule has 0 unspecified atom stereocenters. The van der Waals surface area contributed by atoms with Crippen LogP contribution in [0.5, 0.6) is 0 Å². The SMILES string of the molecule is Cc1cc(Br)c(Nc2nc3ccc(Br)cc3s2)c(Br)c1. The van der Waals surface area contributed by atoms with Gasteiger partial charge in [-0.05, 0) is 74.7 Å². The standard InChI is InChI=1S/C14H9Br3N2S/c1-7-4-9(16)13(10(17)5-7)19-14-18-11-3-2-8(15)6-12(11)20-14/h2-6H,1H3,(H,18,19). The third-order valence-electron chi connectivity index (χ3n) is 2.77. The van der Waals surface area contributed by atoms with Gasteiger partial charge in [-0.15, -0.1) is 0 Å². The number of benzene rings is 2. The van der Waals surface area contributed by atoms with E-state index < -0.39 is 0 Å². The molecule has 2 nitrogen and oxygen atoms in total. The molecule has 0 aliphatic rings. The minimum absolute atomic E-state index is 0.878. The molecule has 0 fully saturated rings. The molecule has 3 aromatic rings. The highest BCUT2D eigenvalue weighted by molar-refractivity contribution is 9.11. The summed E-state index contributed by atoms with van der Waals surface area (Å²) in [5.41, 5.74) is 3.19. The molecule has 0 aliphatic carbocycles. The molecule has 0 spiro atoms. The highest BCUT2D eigenvalue weighted by Gasteiger charge is 2.10. The van der Waals surface area contributed by atoms with E-state index in [2.05, 4.69) is 83.2 Å². The lowest BCUT2D eigenvalue weighted by atomic mass is 10.2. The fourth-order valence-corrected chi connectivity index (χ4v) is 4.91. The van der Waals surface area contributed by atoms with E-state index in [4.69, 9.17) is 0 Å². The molecule has 102 valence electrons. The predicted molar refractivity (Wildman–Crippen MR) is 97.2 cm³/mol. The first kappa shape index (κ1) is 14.5. The van der Waals surface area contributed by atoms with E-state index in [0.717, 1.165) is 34.5 Å². The van der Waals surface area contributed by atoms with Gasteiger partial charge in [0, 0.05) is 13.4 Å². The summed E-state index contributed by atoms with van der Waals surface area (Å²) < 4.78 is 4.26. The number of halogens is 3. The molecule has 6 heteroatoms. The molecule has 0 amide bonds. The summed E-state index contributed by atoms with van der Waals surface area (Å²) in [6.07, 6.45) is 0. The number of anilines is 2. The quantitative estimate of drug-likeness (QED) is 0.448. The Bertz CT molecular complexity index is 775. The van der Waals surface area contributed by atoms with Gasteiger partial charge in [0.1, 0.15) is 0 Å². The van der Waals surface area contributed by atoms with Crippen molar-refractivity contribution in [2.45, 2.75) is 6.92 Å². The van der Waals surface area contributed by atoms with E-state index in [9.17, 15) is 0 Å². The van der Waals surface area contributed by atoms with Gasteiger partial charge in [-0.25, -0.2) is 4.98 Å². The second-order valence-electron chi connectivity index (χ2n) is 4.36. The van der Waals surface area contributed by atoms with Gasteiger partial charge in [0.25, 0.3) is 0 Å². The van der Waals surface area contributed by atoms with Crippen LogP contribution in [0.4, 0.5) is 10.8 Å². The number of aryl methyl sites for hydroxylation is 1. The molecule has 0 saturated heterocycles. The van der Waals surface area contributed by atoms with Crippen LogP contribution in [0.2, 0.25) is 0 Å². The van der Waals surface area contributed by atoms with Crippen molar-refractivity contribution >= 4 is 80.2 Å². The summed E-state index contributed by atoms with van der Waals surface area (Å²) in [6, 6.07) is 10.3. The van der Waals surface area contributed by atoms with Crippen molar-refractivity contribution < 1.29 is 0 Å². The minimum atomic E-state index is 0.878. The molecule has 3 rings (SSSR count). The average molecular weight is 477 g/mol. The third kappa shape index (κ3) is 2.93. The Hall–Kier alpha value is -0.430. The Labute approximate surface area is 146 Å². The summed E-state index contributed by atoms with van der Waals surface area (Å²) in [4.78, 5) is 4.60. The van der Waals surface area contributed by atoms with Crippen LogP contribution < -0.4 is 5.32 Å². The maximum absolute atomic E-state index is 4.60. The second kappa shape index (κ2) is 5.75. The number of nitrogens with one attached hydrogen (secondary N) is 1. The van der Waals surface area contributed by atoms with Crippen LogP contribution in [0.15, 0.2) is 43.7 Å². The van der Waals surface area contributed by atoms with Crippen LogP contribution in [0.1, 0.15) is 5.56 Å². The van der Waals surface area contributed by atoms with Crippen LogP contribution in [0, 0.1) is 6.92 Å². The van der Waals surface area contributed by atoms with Crippen LogP contribution in [0.25, 0.3) is 10.2 Å². The summed E-state index contributed by atoms with van der Waals surface area (Å²) in [6.45, 7) is 2.06. The molecule has 20 heavy (non-hydrogen) atoms. The smallest absolute Gasteiger partial charge is 0.188 e. The molecule has 0 saturated carbocycles. The number of aromatic nitrogens is 1. The molecule has 0 bridgehead atoms. The molecule has 0 atom stereocenters. The molecular formula is C14H9Br3N2S. The normalized spacial score (nSPS) is 11.0. The molecule has 1 heterocycles. The maximum Gasteiger partial charge on any atom is 0.188 e. The number of nitrogens with zero attached hydrogens (tertiary/aromatic N) is 1. The number of hydrogen-bond donors (Lipinski definition) is 1. The predicted octanol–water partition coefficient (Wildman–Crippen LogP) is 6.64. The Morgan fingerprint density at radius 3 is 2.45 bits per heavy atom. The zero-order valence-electron chi connectivity index (χ0n) is 10.4. The lowest BCUT2D eigenvalue weighted by Gasteiger charge is -2.09. The first-order chi connectivity index (χ1) is 9.52. The van der Waals surface area contributed by atoms with Crippen molar-refractivity contribution in [2.24, 2.45) is 0 Å². The Morgan fingerprint density at radius 1 is 1.05 bits per heavy atom. The molecule has 0 aliphatic heterocycles. The molecular weight excluding hydrogens is 468 g/mol. The van der Waals surface area contributed by atoms with Gasteiger partial charge in [-0.2, -0.15) is 0 Å². The summed E-state index contributed by atoms with van der Waals surface area (Å²) in [5, 5.41) is 4.25. The second-order valence-corrected chi connectivity index (χ2v) is 8.01. The lowest BCUT2D eigenvalue weighted by Crippen LogP contribution is -1.92. The Morgan fingerprint density at radius 2 is 1.75 bits per heavy atom. The molecule has 0 radical (unpaired) electrons. The zero-order chi connectivity index (χ0) is 14.3. The topological polar surface area (TPSA) is 24.9 Å².